The standard InChI is InChI=1S/C14H10BrF3O2/c15-12-3-1-2-4-13(12)20-10-6-5-9(8-19)11(7-10)14(16,17)18/h1-7,19H,8H2. The van der Waals surface area contributed by atoms with Gasteiger partial charge in [-0.3, -0.25) is 0 Å². The van der Waals surface area contributed by atoms with Gasteiger partial charge in [0.15, 0.2) is 0 Å². The van der Waals surface area contributed by atoms with E-state index in [1.165, 1.54) is 12.1 Å². The number of alkyl halides is 3. The van der Waals surface area contributed by atoms with Crippen LogP contribution in [-0.4, -0.2) is 5.11 Å². The Hall–Kier alpha value is -1.53. The van der Waals surface area contributed by atoms with Crippen LogP contribution in [0.25, 0.3) is 0 Å². The predicted molar refractivity (Wildman–Crippen MR) is 71.6 cm³/mol. The van der Waals surface area contributed by atoms with Crippen LogP contribution in [0.3, 0.4) is 0 Å². The Kier molecular flexibility index (Phi) is 4.35. The number of hydrogen-bond acceptors (Lipinski definition) is 2. The van der Waals surface area contributed by atoms with Gasteiger partial charge in [-0.1, -0.05) is 18.2 Å². The summed E-state index contributed by atoms with van der Waals surface area (Å²) in [6.07, 6.45) is -4.54. The number of ether oxygens (including phenoxy) is 1. The molecule has 20 heavy (non-hydrogen) atoms. The lowest BCUT2D eigenvalue weighted by Crippen LogP contribution is -2.09. The lowest BCUT2D eigenvalue weighted by Gasteiger charge is -2.14. The highest BCUT2D eigenvalue weighted by Gasteiger charge is 2.33. The van der Waals surface area contributed by atoms with E-state index in [-0.39, 0.29) is 11.3 Å². The van der Waals surface area contributed by atoms with Crippen LogP contribution in [0.15, 0.2) is 46.9 Å². The van der Waals surface area contributed by atoms with Crippen molar-refractivity contribution in [3.63, 3.8) is 0 Å². The minimum absolute atomic E-state index is 0.0569. The molecule has 0 saturated heterocycles. The molecule has 0 fully saturated rings. The van der Waals surface area contributed by atoms with E-state index in [2.05, 4.69) is 15.9 Å². The summed E-state index contributed by atoms with van der Waals surface area (Å²) >= 11 is 3.25. The number of rotatable bonds is 3. The smallest absolute Gasteiger partial charge is 0.416 e. The molecule has 0 spiro atoms. The first-order valence-corrected chi connectivity index (χ1v) is 6.44. The van der Waals surface area contributed by atoms with Crippen LogP contribution in [-0.2, 0) is 12.8 Å². The summed E-state index contributed by atoms with van der Waals surface area (Å²) in [5, 5.41) is 8.96. The van der Waals surface area contributed by atoms with Gasteiger partial charge in [0.25, 0.3) is 0 Å². The number of hydrogen-bond donors (Lipinski definition) is 1. The fraction of sp³-hybridized carbons (Fsp3) is 0.143. The van der Waals surface area contributed by atoms with E-state index in [1.54, 1.807) is 24.3 Å². The summed E-state index contributed by atoms with van der Waals surface area (Å²) in [4.78, 5) is 0. The first kappa shape index (κ1) is 14.9. The molecular formula is C14H10BrF3O2. The van der Waals surface area contributed by atoms with Crippen LogP contribution < -0.4 is 4.74 Å². The summed E-state index contributed by atoms with van der Waals surface area (Å²) in [7, 11) is 0. The van der Waals surface area contributed by atoms with Gasteiger partial charge < -0.3 is 9.84 Å². The van der Waals surface area contributed by atoms with Crippen molar-refractivity contribution < 1.29 is 23.0 Å². The van der Waals surface area contributed by atoms with E-state index in [9.17, 15) is 13.2 Å². The number of aliphatic hydroxyl groups is 1. The third kappa shape index (κ3) is 3.32. The van der Waals surface area contributed by atoms with Crippen LogP contribution in [0.4, 0.5) is 13.2 Å². The van der Waals surface area contributed by atoms with Crippen molar-refractivity contribution in [3.8, 4) is 11.5 Å². The lowest BCUT2D eigenvalue weighted by molar-refractivity contribution is -0.138. The molecule has 0 unspecified atom stereocenters. The Labute approximate surface area is 121 Å². The van der Waals surface area contributed by atoms with Gasteiger partial charge in [0.05, 0.1) is 16.6 Å². The molecule has 106 valence electrons. The number of aliphatic hydroxyl groups excluding tert-OH is 1. The Morgan fingerprint density at radius 3 is 2.40 bits per heavy atom. The minimum Gasteiger partial charge on any atom is -0.456 e. The third-order valence-corrected chi connectivity index (χ3v) is 3.28. The predicted octanol–water partition coefficient (Wildman–Crippen LogP) is 4.75. The fourth-order valence-electron chi connectivity index (χ4n) is 1.68. The average molecular weight is 347 g/mol. The van der Waals surface area contributed by atoms with Crippen molar-refractivity contribution >= 4 is 15.9 Å². The highest BCUT2D eigenvalue weighted by Crippen LogP contribution is 2.36. The van der Waals surface area contributed by atoms with Crippen LogP contribution in [0, 0.1) is 0 Å². The topological polar surface area (TPSA) is 29.5 Å². The molecule has 0 aliphatic heterocycles. The van der Waals surface area contributed by atoms with Gasteiger partial charge in [0, 0.05) is 0 Å². The maximum atomic E-state index is 12.9. The second kappa shape index (κ2) is 5.85. The molecule has 2 aromatic carbocycles. The number of benzene rings is 2. The van der Waals surface area contributed by atoms with E-state index in [1.807, 2.05) is 0 Å². The highest BCUT2D eigenvalue weighted by molar-refractivity contribution is 9.10. The summed E-state index contributed by atoms with van der Waals surface area (Å²) < 4.78 is 44.6. The normalized spacial score (nSPS) is 11.4. The molecule has 2 rings (SSSR count). The van der Waals surface area contributed by atoms with Crippen molar-refractivity contribution in [2.45, 2.75) is 12.8 Å². The second-order valence-electron chi connectivity index (χ2n) is 4.01. The summed E-state index contributed by atoms with van der Waals surface area (Å²) in [6, 6.07) is 10.3. The van der Waals surface area contributed by atoms with Gasteiger partial charge >= 0.3 is 6.18 Å². The van der Waals surface area contributed by atoms with E-state index >= 15 is 0 Å². The highest BCUT2D eigenvalue weighted by atomic mass is 79.9. The Morgan fingerprint density at radius 1 is 1.10 bits per heavy atom. The van der Waals surface area contributed by atoms with Gasteiger partial charge in [-0.15, -0.1) is 0 Å². The molecule has 0 saturated carbocycles. The molecule has 0 aromatic heterocycles. The van der Waals surface area contributed by atoms with Crippen LogP contribution >= 0.6 is 15.9 Å². The maximum absolute atomic E-state index is 12.9. The molecule has 0 aliphatic rings. The summed E-state index contributed by atoms with van der Waals surface area (Å²) in [5.74, 6) is 0.471. The fourth-order valence-corrected chi connectivity index (χ4v) is 2.04. The molecular weight excluding hydrogens is 337 g/mol. The minimum atomic E-state index is -4.54. The quantitative estimate of drug-likeness (QED) is 0.868. The average Bonchev–Trinajstić information content (AvgIpc) is 2.40. The van der Waals surface area contributed by atoms with E-state index in [0.29, 0.717) is 10.2 Å². The zero-order chi connectivity index (χ0) is 14.8. The van der Waals surface area contributed by atoms with E-state index in [4.69, 9.17) is 9.84 Å². The first-order valence-electron chi connectivity index (χ1n) is 5.65. The van der Waals surface area contributed by atoms with Gasteiger partial charge in [-0.05, 0) is 45.8 Å². The number of halogens is 4. The molecule has 2 aromatic rings. The Morgan fingerprint density at radius 2 is 1.80 bits per heavy atom. The molecule has 0 heterocycles. The zero-order valence-electron chi connectivity index (χ0n) is 10.1. The maximum Gasteiger partial charge on any atom is 0.416 e. The lowest BCUT2D eigenvalue weighted by atomic mass is 10.1. The van der Waals surface area contributed by atoms with E-state index < -0.39 is 18.3 Å². The monoisotopic (exact) mass is 346 g/mol. The van der Waals surface area contributed by atoms with Crippen LogP contribution in [0.2, 0.25) is 0 Å². The first-order chi connectivity index (χ1) is 9.41. The van der Waals surface area contributed by atoms with Crippen molar-refractivity contribution in [1.82, 2.24) is 0 Å². The van der Waals surface area contributed by atoms with Gasteiger partial charge in [0.1, 0.15) is 11.5 Å². The molecule has 1 N–H and O–H groups in total. The van der Waals surface area contributed by atoms with Crippen molar-refractivity contribution in [2.24, 2.45) is 0 Å². The molecule has 0 aliphatic carbocycles. The molecule has 2 nitrogen and oxygen atoms in total. The Bertz CT molecular complexity index is 612. The van der Waals surface area contributed by atoms with Crippen molar-refractivity contribution in [2.75, 3.05) is 0 Å². The van der Waals surface area contributed by atoms with Gasteiger partial charge in [-0.2, -0.15) is 13.2 Å². The summed E-state index contributed by atoms with van der Waals surface area (Å²) in [6.45, 7) is -0.676. The van der Waals surface area contributed by atoms with Gasteiger partial charge in [0.2, 0.25) is 0 Å². The molecule has 0 bridgehead atoms. The third-order valence-electron chi connectivity index (χ3n) is 2.62. The SMILES string of the molecule is OCc1ccc(Oc2ccccc2Br)cc1C(F)(F)F. The molecule has 6 heteroatoms. The van der Waals surface area contributed by atoms with Crippen LogP contribution in [0.1, 0.15) is 11.1 Å². The zero-order valence-corrected chi connectivity index (χ0v) is 11.7. The largest absolute Gasteiger partial charge is 0.456 e. The van der Waals surface area contributed by atoms with Crippen molar-refractivity contribution in [3.05, 3.63) is 58.1 Å². The van der Waals surface area contributed by atoms with Gasteiger partial charge in [-0.25, -0.2) is 0 Å². The Balaban J connectivity index is 2.37. The molecule has 0 amide bonds. The van der Waals surface area contributed by atoms with Crippen molar-refractivity contribution in [1.29, 1.82) is 0 Å². The number of para-hydroxylation sites is 1. The van der Waals surface area contributed by atoms with E-state index in [0.717, 1.165) is 6.07 Å². The second-order valence-corrected chi connectivity index (χ2v) is 4.86. The molecule has 0 radical (unpaired) electrons. The van der Waals surface area contributed by atoms with Crippen LogP contribution in [0.5, 0.6) is 11.5 Å². The molecule has 0 atom stereocenters. The summed E-state index contributed by atoms with van der Waals surface area (Å²) in [5.41, 5.74) is -1.08.